The molecule has 0 radical (unpaired) electrons. The van der Waals surface area contributed by atoms with Gasteiger partial charge in [0, 0.05) is 6.20 Å². The number of alkyl halides is 3. The third kappa shape index (κ3) is 2.61. The van der Waals surface area contributed by atoms with Crippen LogP contribution in [0, 0.1) is 0 Å². The molecule has 3 N–H and O–H groups in total. The third-order valence-electron chi connectivity index (χ3n) is 2.14. The van der Waals surface area contributed by atoms with Crippen LogP contribution >= 0.6 is 0 Å². The Morgan fingerprint density at radius 2 is 2.11 bits per heavy atom. The highest BCUT2D eigenvalue weighted by molar-refractivity contribution is 5.93. The Hall–Kier alpha value is -2.65. The highest BCUT2D eigenvalue weighted by Crippen LogP contribution is 2.29. The Balaban J connectivity index is 2.40. The van der Waals surface area contributed by atoms with Gasteiger partial charge in [-0.2, -0.15) is 13.2 Å². The highest BCUT2D eigenvalue weighted by atomic mass is 19.4. The second kappa shape index (κ2) is 4.55. The first-order valence-electron chi connectivity index (χ1n) is 4.85. The Morgan fingerprint density at radius 3 is 2.74 bits per heavy atom. The van der Waals surface area contributed by atoms with Gasteiger partial charge in [-0.25, -0.2) is 14.6 Å². The van der Waals surface area contributed by atoms with Crippen LogP contribution in [0.4, 0.5) is 13.2 Å². The number of pyridine rings is 1. The van der Waals surface area contributed by atoms with Crippen molar-refractivity contribution in [3.63, 3.8) is 0 Å². The molecule has 0 aromatic carbocycles. The molecule has 2 heterocycles. The summed E-state index contributed by atoms with van der Waals surface area (Å²) in [6.45, 7) is 0. The monoisotopic (exact) mass is 272 g/mol. The van der Waals surface area contributed by atoms with E-state index in [1.54, 1.807) is 0 Å². The van der Waals surface area contributed by atoms with Gasteiger partial charge in [0.2, 0.25) is 11.7 Å². The number of aromatic nitrogens is 4. The zero-order chi connectivity index (χ0) is 14.0. The number of hydrogen-bond acceptors (Lipinski definition) is 5. The fraction of sp³-hybridized carbons (Fsp3) is 0.111. The maximum atomic E-state index is 12.5. The Morgan fingerprint density at radius 1 is 1.37 bits per heavy atom. The summed E-state index contributed by atoms with van der Waals surface area (Å²) in [4.78, 5) is 7.41. The van der Waals surface area contributed by atoms with E-state index in [-0.39, 0.29) is 17.5 Å². The van der Waals surface area contributed by atoms with Gasteiger partial charge in [-0.05, 0) is 12.1 Å². The maximum absolute atomic E-state index is 12.5. The van der Waals surface area contributed by atoms with Gasteiger partial charge in [0.25, 0.3) is 0 Å². The van der Waals surface area contributed by atoms with Gasteiger partial charge in [0.15, 0.2) is 5.82 Å². The number of oxime groups is 1. The smallest absolute Gasteiger partial charge is 0.409 e. The Bertz CT molecular complexity index is 620. The minimum absolute atomic E-state index is 0.0840. The lowest BCUT2D eigenvalue weighted by Gasteiger charge is -2.07. The molecule has 0 amide bonds. The fourth-order valence-corrected chi connectivity index (χ4v) is 1.26. The number of halogens is 3. The molecule has 0 saturated carbocycles. The van der Waals surface area contributed by atoms with Crippen molar-refractivity contribution in [3.8, 4) is 5.82 Å². The summed E-state index contributed by atoms with van der Waals surface area (Å²) in [6.07, 6.45) is -2.37. The topological polar surface area (TPSA) is 102 Å². The quantitative estimate of drug-likeness (QED) is 0.364. The van der Waals surface area contributed by atoms with Crippen LogP contribution < -0.4 is 5.73 Å². The number of nitrogens with zero attached hydrogens (tertiary/aromatic N) is 5. The van der Waals surface area contributed by atoms with Crippen LogP contribution in [-0.2, 0) is 6.18 Å². The minimum Gasteiger partial charge on any atom is -0.409 e. The third-order valence-corrected chi connectivity index (χ3v) is 2.14. The molecule has 2 aromatic heterocycles. The van der Waals surface area contributed by atoms with Crippen LogP contribution in [0.25, 0.3) is 5.82 Å². The van der Waals surface area contributed by atoms with E-state index >= 15 is 0 Å². The van der Waals surface area contributed by atoms with Crippen LogP contribution in [0.2, 0.25) is 0 Å². The van der Waals surface area contributed by atoms with Gasteiger partial charge >= 0.3 is 6.18 Å². The average molecular weight is 272 g/mol. The highest BCUT2D eigenvalue weighted by Gasteiger charge is 2.31. The van der Waals surface area contributed by atoms with Crippen molar-refractivity contribution in [2.75, 3.05) is 0 Å². The van der Waals surface area contributed by atoms with Crippen LogP contribution in [0.5, 0.6) is 0 Å². The summed E-state index contributed by atoms with van der Waals surface area (Å²) in [7, 11) is 0. The summed E-state index contributed by atoms with van der Waals surface area (Å²) in [5, 5.41) is 14.8. The standard InChI is InChI=1S/C9H7F3N6O/c10-9(11,12)5-1-2-14-6(3-5)18-4-15-8(16-18)7(13)17-19/h1-4,19H,(H2,13,17). The first kappa shape index (κ1) is 12.8. The Kier molecular flexibility index (Phi) is 3.07. The predicted molar refractivity (Wildman–Crippen MR) is 56.7 cm³/mol. The lowest BCUT2D eigenvalue weighted by Crippen LogP contribution is -2.15. The molecule has 0 saturated heterocycles. The van der Waals surface area contributed by atoms with Crippen molar-refractivity contribution >= 4 is 5.84 Å². The minimum atomic E-state index is -4.48. The van der Waals surface area contributed by atoms with Crippen molar-refractivity contribution in [1.29, 1.82) is 0 Å². The number of rotatable bonds is 2. The normalized spacial score (nSPS) is 12.7. The second-order valence-electron chi connectivity index (χ2n) is 3.40. The largest absolute Gasteiger partial charge is 0.416 e. The van der Waals surface area contributed by atoms with Crippen LogP contribution in [-0.4, -0.2) is 30.8 Å². The molecule has 2 aromatic rings. The van der Waals surface area contributed by atoms with Crippen molar-refractivity contribution < 1.29 is 18.4 Å². The maximum Gasteiger partial charge on any atom is 0.416 e. The molecule has 0 spiro atoms. The van der Waals surface area contributed by atoms with E-state index in [9.17, 15) is 13.2 Å². The van der Waals surface area contributed by atoms with Crippen molar-refractivity contribution in [2.45, 2.75) is 6.18 Å². The summed E-state index contributed by atoms with van der Waals surface area (Å²) >= 11 is 0. The molecule has 7 nitrogen and oxygen atoms in total. The van der Waals surface area contributed by atoms with Gasteiger partial charge in [0.05, 0.1) is 5.56 Å². The summed E-state index contributed by atoms with van der Waals surface area (Å²) in [5.41, 5.74) is 4.38. The average Bonchev–Trinajstić information content (AvgIpc) is 2.86. The van der Waals surface area contributed by atoms with E-state index in [4.69, 9.17) is 10.9 Å². The molecular formula is C9H7F3N6O. The SMILES string of the molecule is NC(=NO)c1ncn(-c2cc(C(F)(F)F)ccn2)n1. The second-order valence-corrected chi connectivity index (χ2v) is 3.40. The van der Waals surface area contributed by atoms with E-state index in [1.807, 2.05) is 0 Å². The van der Waals surface area contributed by atoms with Gasteiger partial charge in [-0.3, -0.25) is 0 Å². The molecule has 0 atom stereocenters. The first-order valence-corrected chi connectivity index (χ1v) is 4.85. The van der Waals surface area contributed by atoms with Gasteiger partial charge in [-0.1, -0.05) is 5.16 Å². The van der Waals surface area contributed by atoms with Crippen LogP contribution in [0.3, 0.4) is 0 Å². The lowest BCUT2D eigenvalue weighted by molar-refractivity contribution is -0.137. The number of amidine groups is 1. The van der Waals surface area contributed by atoms with Crippen LogP contribution in [0.15, 0.2) is 29.8 Å². The van der Waals surface area contributed by atoms with E-state index in [2.05, 4.69) is 20.2 Å². The number of nitrogens with two attached hydrogens (primary N) is 1. The molecular weight excluding hydrogens is 265 g/mol. The number of hydrogen-bond donors (Lipinski definition) is 2. The molecule has 10 heteroatoms. The molecule has 19 heavy (non-hydrogen) atoms. The fourth-order valence-electron chi connectivity index (χ4n) is 1.26. The molecule has 100 valence electrons. The zero-order valence-corrected chi connectivity index (χ0v) is 9.20. The van der Waals surface area contributed by atoms with E-state index in [0.29, 0.717) is 0 Å². The Labute approximate surface area is 104 Å². The zero-order valence-electron chi connectivity index (χ0n) is 9.20. The predicted octanol–water partition coefficient (Wildman–Crippen LogP) is 0.776. The molecule has 0 unspecified atom stereocenters. The van der Waals surface area contributed by atoms with E-state index < -0.39 is 11.7 Å². The van der Waals surface area contributed by atoms with E-state index in [0.717, 1.165) is 29.3 Å². The molecule has 2 rings (SSSR count). The van der Waals surface area contributed by atoms with Gasteiger partial charge < -0.3 is 10.9 Å². The van der Waals surface area contributed by atoms with Crippen molar-refractivity contribution in [1.82, 2.24) is 19.7 Å². The molecule has 0 fully saturated rings. The lowest BCUT2D eigenvalue weighted by atomic mass is 10.2. The molecule has 0 aliphatic carbocycles. The molecule has 0 aliphatic rings. The van der Waals surface area contributed by atoms with Gasteiger partial charge in [-0.15, -0.1) is 5.10 Å². The molecule has 0 bridgehead atoms. The summed E-state index contributed by atoms with van der Waals surface area (Å²) < 4.78 is 38.6. The van der Waals surface area contributed by atoms with Crippen molar-refractivity contribution in [2.24, 2.45) is 10.9 Å². The summed E-state index contributed by atoms with van der Waals surface area (Å²) in [6, 6.07) is 1.65. The van der Waals surface area contributed by atoms with Gasteiger partial charge in [0.1, 0.15) is 6.33 Å². The van der Waals surface area contributed by atoms with Crippen molar-refractivity contribution in [3.05, 3.63) is 36.0 Å². The summed E-state index contributed by atoms with van der Waals surface area (Å²) in [5.74, 6) is -0.563. The van der Waals surface area contributed by atoms with Crippen LogP contribution in [0.1, 0.15) is 11.4 Å². The molecule has 0 aliphatic heterocycles. The van der Waals surface area contributed by atoms with E-state index in [1.165, 1.54) is 0 Å². The first-order chi connectivity index (χ1) is 8.91.